The lowest BCUT2D eigenvalue weighted by Crippen LogP contribution is -2.01. The minimum Gasteiger partial charge on any atom is -0.339 e. The highest BCUT2D eigenvalue weighted by atomic mass is 79.9. The van der Waals surface area contributed by atoms with Crippen LogP contribution in [0.25, 0.3) is 0 Å². The van der Waals surface area contributed by atoms with Gasteiger partial charge in [0, 0.05) is 15.1 Å². The predicted molar refractivity (Wildman–Crippen MR) is 78.9 cm³/mol. The number of hydrogen-bond acceptors (Lipinski definition) is 3. The molecule has 0 spiro atoms. The molecule has 1 aromatic heterocycles. The van der Waals surface area contributed by atoms with E-state index in [9.17, 15) is 0 Å². The fraction of sp³-hybridized carbons (Fsp3) is 0.167. The molecule has 0 aliphatic carbocycles. The fourth-order valence-electron chi connectivity index (χ4n) is 1.53. The van der Waals surface area contributed by atoms with Gasteiger partial charge in [0.2, 0.25) is 0 Å². The molecule has 1 aromatic carbocycles. The number of aromatic nitrogens is 2. The molecule has 2 aromatic rings. The van der Waals surface area contributed by atoms with Crippen LogP contribution in [0.5, 0.6) is 0 Å². The van der Waals surface area contributed by atoms with Gasteiger partial charge in [0.25, 0.3) is 0 Å². The highest BCUT2D eigenvalue weighted by Crippen LogP contribution is 2.30. The van der Waals surface area contributed by atoms with Crippen molar-refractivity contribution in [2.24, 2.45) is 0 Å². The molecule has 18 heavy (non-hydrogen) atoms. The van der Waals surface area contributed by atoms with Crippen LogP contribution in [-0.4, -0.2) is 9.97 Å². The average molecular weight is 347 g/mol. The minimum absolute atomic E-state index is 0.466. The Morgan fingerprint density at radius 1 is 1.28 bits per heavy atom. The SMILES string of the molecule is CCc1c(Cl)ncnc1Nc1cc(Cl)ccc1Br. The number of hydrogen-bond donors (Lipinski definition) is 1. The van der Waals surface area contributed by atoms with Crippen molar-refractivity contribution in [3.8, 4) is 0 Å². The van der Waals surface area contributed by atoms with Gasteiger partial charge < -0.3 is 5.32 Å². The lowest BCUT2D eigenvalue weighted by molar-refractivity contribution is 1.05. The molecular weight excluding hydrogens is 337 g/mol. The topological polar surface area (TPSA) is 37.8 Å². The summed E-state index contributed by atoms with van der Waals surface area (Å²) in [4.78, 5) is 8.17. The Balaban J connectivity index is 2.40. The molecule has 3 nitrogen and oxygen atoms in total. The molecule has 0 aliphatic heterocycles. The number of rotatable bonds is 3. The largest absolute Gasteiger partial charge is 0.339 e. The van der Waals surface area contributed by atoms with Gasteiger partial charge in [-0.2, -0.15) is 0 Å². The summed E-state index contributed by atoms with van der Waals surface area (Å²) < 4.78 is 0.906. The molecule has 0 unspecified atom stereocenters. The van der Waals surface area contributed by atoms with Crippen LogP contribution >= 0.6 is 39.1 Å². The van der Waals surface area contributed by atoms with Crippen molar-refractivity contribution >= 4 is 50.6 Å². The molecule has 94 valence electrons. The molecule has 0 bridgehead atoms. The first-order chi connectivity index (χ1) is 8.61. The molecule has 0 aliphatic rings. The van der Waals surface area contributed by atoms with E-state index in [1.165, 1.54) is 6.33 Å². The lowest BCUT2D eigenvalue weighted by Gasteiger charge is -2.12. The van der Waals surface area contributed by atoms with E-state index in [2.05, 4.69) is 31.2 Å². The quantitative estimate of drug-likeness (QED) is 0.807. The first-order valence-electron chi connectivity index (χ1n) is 5.33. The minimum atomic E-state index is 0.466. The number of nitrogens with one attached hydrogen (secondary N) is 1. The highest BCUT2D eigenvalue weighted by molar-refractivity contribution is 9.10. The summed E-state index contributed by atoms with van der Waals surface area (Å²) >= 11 is 15.5. The van der Waals surface area contributed by atoms with E-state index < -0.39 is 0 Å². The van der Waals surface area contributed by atoms with Gasteiger partial charge in [-0.05, 0) is 40.5 Å². The van der Waals surface area contributed by atoms with Gasteiger partial charge >= 0.3 is 0 Å². The third-order valence-electron chi connectivity index (χ3n) is 2.43. The summed E-state index contributed by atoms with van der Waals surface area (Å²) in [6, 6.07) is 5.50. The molecule has 0 fully saturated rings. The van der Waals surface area contributed by atoms with Crippen molar-refractivity contribution in [3.63, 3.8) is 0 Å². The van der Waals surface area contributed by atoms with Gasteiger partial charge in [-0.25, -0.2) is 9.97 Å². The van der Waals surface area contributed by atoms with Gasteiger partial charge in [-0.3, -0.25) is 0 Å². The van der Waals surface area contributed by atoms with E-state index in [-0.39, 0.29) is 0 Å². The van der Waals surface area contributed by atoms with E-state index in [1.54, 1.807) is 0 Å². The second-order valence-electron chi connectivity index (χ2n) is 3.59. The normalized spacial score (nSPS) is 10.4. The third-order valence-corrected chi connectivity index (χ3v) is 3.68. The highest BCUT2D eigenvalue weighted by Gasteiger charge is 2.09. The van der Waals surface area contributed by atoms with Gasteiger partial charge in [0.15, 0.2) is 0 Å². The zero-order chi connectivity index (χ0) is 13.1. The number of nitrogens with zero attached hydrogens (tertiary/aromatic N) is 2. The van der Waals surface area contributed by atoms with Crippen LogP contribution in [0.15, 0.2) is 29.0 Å². The molecular formula is C12H10BrCl2N3. The molecule has 0 amide bonds. The number of halogens is 3. The van der Waals surface area contributed by atoms with Gasteiger partial charge in [0.1, 0.15) is 17.3 Å². The smallest absolute Gasteiger partial charge is 0.138 e. The van der Waals surface area contributed by atoms with Crippen LogP contribution in [0, 0.1) is 0 Å². The fourth-order valence-corrected chi connectivity index (χ4v) is 2.32. The van der Waals surface area contributed by atoms with Crippen LogP contribution < -0.4 is 5.32 Å². The zero-order valence-electron chi connectivity index (χ0n) is 9.54. The number of anilines is 2. The van der Waals surface area contributed by atoms with Crippen LogP contribution in [-0.2, 0) is 6.42 Å². The maximum Gasteiger partial charge on any atom is 0.138 e. The molecule has 0 saturated carbocycles. The summed E-state index contributed by atoms with van der Waals surface area (Å²) in [5.74, 6) is 0.695. The van der Waals surface area contributed by atoms with E-state index in [0.29, 0.717) is 16.0 Å². The summed E-state index contributed by atoms with van der Waals surface area (Å²) in [5.41, 5.74) is 1.72. The summed E-state index contributed by atoms with van der Waals surface area (Å²) in [7, 11) is 0. The van der Waals surface area contributed by atoms with Gasteiger partial charge in [0.05, 0.1) is 5.69 Å². The van der Waals surface area contributed by atoms with E-state index in [1.807, 2.05) is 25.1 Å². The predicted octanol–water partition coefficient (Wildman–Crippen LogP) is 4.85. The molecule has 0 saturated heterocycles. The van der Waals surface area contributed by atoms with E-state index in [0.717, 1.165) is 22.1 Å². The lowest BCUT2D eigenvalue weighted by atomic mass is 10.2. The molecule has 1 N–H and O–H groups in total. The Kier molecular flexibility index (Phi) is 4.43. The Labute approximate surface area is 124 Å². The van der Waals surface area contributed by atoms with E-state index in [4.69, 9.17) is 23.2 Å². The van der Waals surface area contributed by atoms with Crippen LogP contribution in [0.1, 0.15) is 12.5 Å². The number of benzene rings is 1. The van der Waals surface area contributed by atoms with Crippen molar-refractivity contribution in [2.45, 2.75) is 13.3 Å². The van der Waals surface area contributed by atoms with Crippen LogP contribution in [0.2, 0.25) is 10.2 Å². The van der Waals surface area contributed by atoms with Crippen molar-refractivity contribution in [3.05, 3.63) is 44.7 Å². The molecule has 2 rings (SSSR count). The Morgan fingerprint density at radius 2 is 2.06 bits per heavy atom. The third kappa shape index (κ3) is 2.94. The Morgan fingerprint density at radius 3 is 2.78 bits per heavy atom. The first-order valence-corrected chi connectivity index (χ1v) is 6.88. The molecule has 0 radical (unpaired) electrons. The molecule has 1 heterocycles. The Bertz CT molecular complexity index is 575. The molecule has 6 heteroatoms. The standard InChI is InChI=1S/C12H10BrCl2N3/c1-2-8-11(15)16-6-17-12(8)18-10-5-7(14)3-4-9(10)13/h3-6H,2H2,1H3,(H,16,17,18). The van der Waals surface area contributed by atoms with Gasteiger partial charge in [-0.15, -0.1) is 0 Å². The Hall–Kier alpha value is -0.840. The van der Waals surface area contributed by atoms with Crippen molar-refractivity contribution < 1.29 is 0 Å². The van der Waals surface area contributed by atoms with E-state index >= 15 is 0 Å². The maximum atomic E-state index is 6.04. The zero-order valence-corrected chi connectivity index (χ0v) is 12.6. The van der Waals surface area contributed by atoms with Crippen molar-refractivity contribution in [1.29, 1.82) is 0 Å². The maximum absolute atomic E-state index is 6.04. The van der Waals surface area contributed by atoms with Crippen LogP contribution in [0.3, 0.4) is 0 Å². The second-order valence-corrected chi connectivity index (χ2v) is 5.24. The summed E-state index contributed by atoms with van der Waals surface area (Å²) in [5, 5.41) is 4.32. The molecule has 0 atom stereocenters. The summed E-state index contributed by atoms with van der Waals surface area (Å²) in [6.45, 7) is 2.00. The first kappa shape index (κ1) is 13.6. The second kappa shape index (κ2) is 5.87. The summed E-state index contributed by atoms with van der Waals surface area (Å²) in [6.07, 6.45) is 2.18. The average Bonchev–Trinajstić information content (AvgIpc) is 2.34. The van der Waals surface area contributed by atoms with Crippen molar-refractivity contribution in [2.75, 3.05) is 5.32 Å². The monoisotopic (exact) mass is 345 g/mol. The van der Waals surface area contributed by atoms with Crippen LogP contribution in [0.4, 0.5) is 11.5 Å². The van der Waals surface area contributed by atoms with Crippen molar-refractivity contribution in [1.82, 2.24) is 9.97 Å². The van der Waals surface area contributed by atoms with Gasteiger partial charge in [-0.1, -0.05) is 30.1 Å².